The van der Waals surface area contributed by atoms with E-state index in [4.69, 9.17) is 0 Å². The van der Waals surface area contributed by atoms with Crippen molar-refractivity contribution in [2.24, 2.45) is 0 Å². The van der Waals surface area contributed by atoms with Gasteiger partial charge in [0.2, 0.25) is 5.91 Å². The Labute approximate surface area is 170 Å². The molecule has 0 unspecified atom stereocenters. The number of fused-ring (bicyclic) bond motifs is 1. The minimum Gasteiger partial charge on any atom is -0.336 e. The van der Waals surface area contributed by atoms with Crippen molar-refractivity contribution in [2.45, 2.75) is 25.0 Å². The average molecular weight is 414 g/mol. The molecular weight excluding hydrogens is 395 g/mol. The Kier molecular flexibility index (Phi) is 6.28. The summed E-state index contributed by atoms with van der Waals surface area (Å²) < 4.78 is 15.5. The number of rotatable bonds is 5. The van der Waals surface area contributed by atoms with Crippen molar-refractivity contribution in [3.05, 3.63) is 64.7 Å². The number of aromatic nitrogens is 2. The number of thioether (sulfide) groups is 1. The van der Waals surface area contributed by atoms with E-state index in [0.717, 1.165) is 16.3 Å². The molecule has 150 valence electrons. The maximum absolute atomic E-state index is 14.4. The highest BCUT2D eigenvalue weighted by Gasteiger charge is 2.17. The number of hydrogen-bond donors (Lipinski definition) is 2. The Bertz CT molecular complexity index is 1130. The number of carbonyl (C=O) groups is 2. The molecule has 0 spiro atoms. The van der Waals surface area contributed by atoms with E-state index in [-0.39, 0.29) is 22.6 Å². The molecule has 0 aliphatic carbocycles. The van der Waals surface area contributed by atoms with Gasteiger partial charge in [0.15, 0.2) is 5.16 Å². The van der Waals surface area contributed by atoms with Crippen LogP contribution in [0.2, 0.25) is 0 Å². The smallest absolute Gasteiger partial charge is 0.321 e. The van der Waals surface area contributed by atoms with Gasteiger partial charge >= 0.3 is 6.03 Å². The Morgan fingerprint density at radius 3 is 2.55 bits per heavy atom. The summed E-state index contributed by atoms with van der Waals surface area (Å²) in [5.41, 5.74) is 0.0305. The van der Waals surface area contributed by atoms with Crippen LogP contribution in [0.1, 0.15) is 13.8 Å². The van der Waals surface area contributed by atoms with Crippen LogP contribution in [0, 0.1) is 5.82 Å². The van der Waals surface area contributed by atoms with Crippen molar-refractivity contribution in [1.82, 2.24) is 20.2 Å². The van der Waals surface area contributed by atoms with Gasteiger partial charge in [0.25, 0.3) is 5.56 Å². The van der Waals surface area contributed by atoms with E-state index in [1.54, 1.807) is 44.2 Å². The highest BCUT2D eigenvalue weighted by Crippen LogP contribution is 2.22. The van der Waals surface area contributed by atoms with E-state index in [2.05, 4.69) is 15.6 Å². The molecule has 7 nitrogen and oxygen atoms in total. The first-order chi connectivity index (χ1) is 13.9. The first-order valence-corrected chi connectivity index (χ1v) is 9.85. The third kappa shape index (κ3) is 4.80. The van der Waals surface area contributed by atoms with Crippen molar-refractivity contribution in [2.75, 3.05) is 5.75 Å². The van der Waals surface area contributed by atoms with Crippen LogP contribution >= 0.6 is 11.8 Å². The SMILES string of the molecule is CC(C)NC(=O)NC(=O)CSc1nc2ccccc2c(=O)n1-c1ccccc1F. The predicted octanol–water partition coefficient (Wildman–Crippen LogP) is 2.85. The zero-order valence-electron chi connectivity index (χ0n) is 15.8. The molecule has 1 aromatic heterocycles. The summed E-state index contributed by atoms with van der Waals surface area (Å²) in [6, 6.07) is 11.8. The monoisotopic (exact) mass is 414 g/mol. The number of halogens is 1. The summed E-state index contributed by atoms with van der Waals surface area (Å²) in [4.78, 5) is 41.2. The molecule has 0 radical (unpaired) electrons. The molecular formula is C20H19FN4O3S. The summed E-state index contributed by atoms with van der Waals surface area (Å²) in [7, 11) is 0. The summed E-state index contributed by atoms with van der Waals surface area (Å²) in [6.45, 7) is 3.54. The van der Waals surface area contributed by atoms with Gasteiger partial charge in [-0.25, -0.2) is 14.2 Å². The minimum atomic E-state index is -0.608. The van der Waals surface area contributed by atoms with Crippen molar-refractivity contribution in [3.63, 3.8) is 0 Å². The standard InChI is InChI=1S/C20H19FN4O3S/c1-12(2)22-19(28)24-17(26)11-29-20-23-15-9-5-3-7-13(15)18(27)25(20)16-10-6-4-8-14(16)21/h3-10,12H,11H2,1-2H3,(H2,22,24,26,28). The van der Waals surface area contributed by atoms with Gasteiger partial charge in [0.05, 0.1) is 22.3 Å². The van der Waals surface area contributed by atoms with Crippen molar-refractivity contribution >= 4 is 34.6 Å². The fraction of sp³-hybridized carbons (Fsp3) is 0.200. The number of carbonyl (C=O) groups excluding carboxylic acids is 2. The van der Waals surface area contributed by atoms with E-state index >= 15 is 0 Å². The summed E-state index contributed by atoms with van der Waals surface area (Å²) in [5.74, 6) is -1.32. The quantitative estimate of drug-likeness (QED) is 0.495. The van der Waals surface area contributed by atoms with E-state index in [1.165, 1.54) is 18.2 Å². The molecule has 29 heavy (non-hydrogen) atoms. The number of imide groups is 1. The Morgan fingerprint density at radius 2 is 1.83 bits per heavy atom. The summed E-state index contributed by atoms with van der Waals surface area (Å²) >= 11 is 0.942. The van der Waals surface area contributed by atoms with Crippen LogP contribution in [-0.2, 0) is 4.79 Å². The molecule has 3 aromatic rings. The normalized spacial score (nSPS) is 10.9. The fourth-order valence-corrected chi connectivity index (χ4v) is 3.45. The number of hydrogen-bond acceptors (Lipinski definition) is 5. The highest BCUT2D eigenvalue weighted by molar-refractivity contribution is 7.99. The van der Waals surface area contributed by atoms with Crippen LogP contribution in [0.15, 0.2) is 58.5 Å². The minimum absolute atomic E-state index is 0.0382. The number of nitrogens with zero attached hydrogens (tertiary/aromatic N) is 2. The van der Waals surface area contributed by atoms with E-state index in [0.29, 0.717) is 10.9 Å². The lowest BCUT2D eigenvalue weighted by Crippen LogP contribution is -2.43. The molecule has 0 saturated carbocycles. The number of benzene rings is 2. The molecule has 3 amide bonds. The lowest BCUT2D eigenvalue weighted by Gasteiger charge is -2.14. The van der Waals surface area contributed by atoms with Gasteiger partial charge in [-0.15, -0.1) is 0 Å². The second-order valence-electron chi connectivity index (χ2n) is 6.47. The summed E-state index contributed by atoms with van der Waals surface area (Å²) in [6.07, 6.45) is 0. The maximum Gasteiger partial charge on any atom is 0.321 e. The molecule has 3 rings (SSSR count). The average Bonchev–Trinajstić information content (AvgIpc) is 2.67. The molecule has 0 aliphatic heterocycles. The van der Waals surface area contributed by atoms with Crippen molar-refractivity contribution in [1.29, 1.82) is 0 Å². The molecule has 1 heterocycles. The largest absolute Gasteiger partial charge is 0.336 e. The topological polar surface area (TPSA) is 93.1 Å². The number of urea groups is 1. The van der Waals surface area contributed by atoms with Crippen molar-refractivity contribution in [3.8, 4) is 5.69 Å². The molecule has 2 aromatic carbocycles. The fourth-order valence-electron chi connectivity index (χ4n) is 2.65. The van der Waals surface area contributed by atoms with Crippen LogP contribution in [0.25, 0.3) is 16.6 Å². The van der Waals surface area contributed by atoms with Gasteiger partial charge in [0, 0.05) is 6.04 Å². The van der Waals surface area contributed by atoms with Crippen LogP contribution in [0.3, 0.4) is 0 Å². The number of amides is 3. The Balaban J connectivity index is 1.95. The second-order valence-corrected chi connectivity index (χ2v) is 7.41. The maximum atomic E-state index is 14.4. The predicted molar refractivity (Wildman–Crippen MR) is 110 cm³/mol. The molecule has 9 heteroatoms. The van der Waals surface area contributed by atoms with Crippen LogP contribution in [0.4, 0.5) is 9.18 Å². The highest BCUT2D eigenvalue weighted by atomic mass is 32.2. The zero-order chi connectivity index (χ0) is 21.0. The lowest BCUT2D eigenvalue weighted by atomic mass is 10.2. The van der Waals surface area contributed by atoms with Crippen LogP contribution < -0.4 is 16.2 Å². The third-order valence-corrected chi connectivity index (χ3v) is 4.78. The van der Waals surface area contributed by atoms with Crippen molar-refractivity contribution < 1.29 is 14.0 Å². The van der Waals surface area contributed by atoms with Gasteiger partial charge < -0.3 is 5.32 Å². The van der Waals surface area contributed by atoms with Gasteiger partial charge in [-0.2, -0.15) is 0 Å². The van der Waals surface area contributed by atoms with Gasteiger partial charge in [-0.1, -0.05) is 36.0 Å². The summed E-state index contributed by atoms with van der Waals surface area (Å²) in [5, 5.41) is 5.24. The molecule has 0 saturated heterocycles. The molecule has 0 aliphatic rings. The first kappa shape index (κ1) is 20.5. The van der Waals surface area contributed by atoms with E-state index < -0.39 is 23.3 Å². The van der Waals surface area contributed by atoms with E-state index in [1.807, 2.05) is 0 Å². The van der Waals surface area contributed by atoms with Gasteiger partial charge in [-0.3, -0.25) is 19.5 Å². The zero-order valence-corrected chi connectivity index (χ0v) is 16.6. The third-order valence-electron chi connectivity index (χ3n) is 3.84. The first-order valence-electron chi connectivity index (χ1n) is 8.86. The number of nitrogens with one attached hydrogen (secondary N) is 2. The Hall–Kier alpha value is -3.20. The van der Waals surface area contributed by atoms with Crippen LogP contribution in [-0.4, -0.2) is 33.3 Å². The van der Waals surface area contributed by atoms with Gasteiger partial charge in [0.1, 0.15) is 5.82 Å². The lowest BCUT2D eigenvalue weighted by molar-refractivity contribution is -0.117. The molecule has 0 atom stereocenters. The molecule has 0 fully saturated rings. The second kappa shape index (κ2) is 8.87. The number of para-hydroxylation sites is 2. The van der Waals surface area contributed by atoms with E-state index in [9.17, 15) is 18.8 Å². The van der Waals surface area contributed by atoms with Gasteiger partial charge in [-0.05, 0) is 38.1 Å². The molecule has 2 N–H and O–H groups in total. The Morgan fingerprint density at radius 1 is 1.14 bits per heavy atom. The van der Waals surface area contributed by atoms with Crippen LogP contribution in [0.5, 0.6) is 0 Å². The molecule has 0 bridgehead atoms.